The number of carbonyl (C=O) groups excluding carboxylic acids is 1. The van der Waals surface area contributed by atoms with Gasteiger partial charge in [0.1, 0.15) is 0 Å². The molecule has 1 heterocycles. The molecule has 0 aliphatic rings. The zero-order valence-electron chi connectivity index (χ0n) is 9.22. The van der Waals surface area contributed by atoms with E-state index in [1.807, 2.05) is 18.2 Å². The van der Waals surface area contributed by atoms with Crippen LogP contribution >= 0.6 is 11.6 Å². The standard InChI is InChI=1S/C11H11ClN4O/c1-7-10(11(13)17)14-15-16(7)6-8-4-2-3-5-9(8)12/h2-5H,6H2,1H3,(H2,13,17). The first-order chi connectivity index (χ1) is 8.09. The highest BCUT2D eigenvalue weighted by Crippen LogP contribution is 2.16. The lowest BCUT2D eigenvalue weighted by Gasteiger charge is -2.05. The van der Waals surface area contributed by atoms with Crippen LogP contribution in [0.4, 0.5) is 0 Å². The molecule has 2 N–H and O–H groups in total. The maximum absolute atomic E-state index is 11.0. The first-order valence-corrected chi connectivity index (χ1v) is 5.40. The Morgan fingerprint density at radius 1 is 1.47 bits per heavy atom. The molecule has 0 aliphatic carbocycles. The molecular weight excluding hydrogens is 240 g/mol. The van der Waals surface area contributed by atoms with E-state index < -0.39 is 5.91 Å². The molecule has 0 aliphatic heterocycles. The van der Waals surface area contributed by atoms with E-state index in [0.717, 1.165) is 5.56 Å². The number of primary amides is 1. The summed E-state index contributed by atoms with van der Waals surface area (Å²) < 4.78 is 1.60. The molecule has 17 heavy (non-hydrogen) atoms. The quantitative estimate of drug-likeness (QED) is 0.895. The van der Waals surface area contributed by atoms with Gasteiger partial charge in [0.2, 0.25) is 0 Å². The van der Waals surface area contributed by atoms with Gasteiger partial charge in [0.05, 0.1) is 12.2 Å². The van der Waals surface area contributed by atoms with E-state index in [1.165, 1.54) is 0 Å². The van der Waals surface area contributed by atoms with Gasteiger partial charge >= 0.3 is 0 Å². The Balaban J connectivity index is 2.31. The van der Waals surface area contributed by atoms with Gasteiger partial charge in [-0.2, -0.15) is 0 Å². The molecule has 1 aromatic carbocycles. The molecule has 0 saturated heterocycles. The van der Waals surface area contributed by atoms with Gasteiger partial charge in [-0.15, -0.1) is 5.10 Å². The Morgan fingerprint density at radius 2 is 2.18 bits per heavy atom. The number of hydrogen-bond acceptors (Lipinski definition) is 3. The average molecular weight is 251 g/mol. The average Bonchev–Trinajstić information content (AvgIpc) is 2.64. The molecule has 6 heteroatoms. The lowest BCUT2D eigenvalue weighted by molar-refractivity contribution is 0.0995. The van der Waals surface area contributed by atoms with Crippen molar-refractivity contribution in [2.75, 3.05) is 0 Å². The van der Waals surface area contributed by atoms with Crippen LogP contribution in [0, 0.1) is 6.92 Å². The minimum absolute atomic E-state index is 0.192. The number of halogens is 1. The minimum Gasteiger partial charge on any atom is -0.364 e. The fraction of sp³-hybridized carbons (Fsp3) is 0.182. The van der Waals surface area contributed by atoms with Crippen LogP contribution in [-0.4, -0.2) is 20.9 Å². The minimum atomic E-state index is -0.576. The summed E-state index contributed by atoms with van der Waals surface area (Å²) in [4.78, 5) is 11.0. The van der Waals surface area contributed by atoms with Gasteiger partial charge < -0.3 is 5.73 Å². The van der Waals surface area contributed by atoms with Crippen molar-refractivity contribution in [2.45, 2.75) is 13.5 Å². The van der Waals surface area contributed by atoms with Crippen LogP contribution in [0.3, 0.4) is 0 Å². The number of aromatic nitrogens is 3. The molecule has 5 nitrogen and oxygen atoms in total. The van der Waals surface area contributed by atoms with Gasteiger partial charge in [-0.25, -0.2) is 4.68 Å². The van der Waals surface area contributed by atoms with Crippen LogP contribution in [0.25, 0.3) is 0 Å². The topological polar surface area (TPSA) is 73.8 Å². The first-order valence-electron chi connectivity index (χ1n) is 5.03. The molecule has 0 unspecified atom stereocenters. The molecular formula is C11H11ClN4O. The monoisotopic (exact) mass is 250 g/mol. The molecule has 2 rings (SSSR count). The number of benzene rings is 1. The molecule has 2 aromatic rings. The van der Waals surface area contributed by atoms with Crippen molar-refractivity contribution in [3.63, 3.8) is 0 Å². The lowest BCUT2D eigenvalue weighted by Crippen LogP contribution is -2.13. The van der Waals surface area contributed by atoms with Gasteiger partial charge in [0.25, 0.3) is 5.91 Å². The Hall–Kier alpha value is -1.88. The Labute approximate surface area is 103 Å². The van der Waals surface area contributed by atoms with Crippen LogP contribution < -0.4 is 5.73 Å². The molecule has 0 fully saturated rings. The third-order valence-corrected chi connectivity index (χ3v) is 2.86. The summed E-state index contributed by atoms with van der Waals surface area (Å²) in [5.41, 5.74) is 6.91. The Kier molecular flexibility index (Phi) is 3.10. The third-order valence-electron chi connectivity index (χ3n) is 2.49. The second-order valence-corrected chi connectivity index (χ2v) is 4.04. The number of nitrogens with zero attached hydrogens (tertiary/aromatic N) is 3. The summed E-state index contributed by atoms with van der Waals surface area (Å²) >= 11 is 6.04. The van der Waals surface area contributed by atoms with Gasteiger partial charge in [0, 0.05) is 5.02 Å². The smallest absolute Gasteiger partial charge is 0.271 e. The van der Waals surface area contributed by atoms with Gasteiger partial charge in [0.15, 0.2) is 5.69 Å². The summed E-state index contributed by atoms with van der Waals surface area (Å²) in [6, 6.07) is 7.45. The van der Waals surface area contributed by atoms with Crippen LogP contribution in [-0.2, 0) is 6.54 Å². The van der Waals surface area contributed by atoms with E-state index >= 15 is 0 Å². The van der Waals surface area contributed by atoms with Crippen molar-refractivity contribution in [1.29, 1.82) is 0 Å². The fourth-order valence-electron chi connectivity index (χ4n) is 1.53. The highest BCUT2D eigenvalue weighted by Gasteiger charge is 2.13. The predicted octanol–water partition coefficient (Wildman–Crippen LogP) is 1.39. The molecule has 0 radical (unpaired) electrons. The molecule has 0 spiro atoms. The molecule has 0 bridgehead atoms. The zero-order valence-corrected chi connectivity index (χ0v) is 9.98. The second-order valence-electron chi connectivity index (χ2n) is 3.64. The van der Waals surface area contributed by atoms with Crippen molar-refractivity contribution >= 4 is 17.5 Å². The van der Waals surface area contributed by atoms with Crippen molar-refractivity contribution < 1.29 is 4.79 Å². The first kappa shape index (κ1) is 11.6. The highest BCUT2D eigenvalue weighted by atomic mass is 35.5. The SMILES string of the molecule is Cc1c(C(N)=O)nnn1Cc1ccccc1Cl. The van der Waals surface area contributed by atoms with Crippen molar-refractivity contribution in [2.24, 2.45) is 5.73 Å². The fourth-order valence-corrected chi connectivity index (χ4v) is 1.72. The summed E-state index contributed by atoms with van der Waals surface area (Å²) in [5, 5.41) is 8.27. The number of nitrogens with two attached hydrogens (primary N) is 1. The van der Waals surface area contributed by atoms with E-state index in [0.29, 0.717) is 17.3 Å². The maximum Gasteiger partial charge on any atom is 0.271 e. The Morgan fingerprint density at radius 3 is 2.76 bits per heavy atom. The second kappa shape index (κ2) is 4.55. The zero-order chi connectivity index (χ0) is 12.4. The third kappa shape index (κ3) is 2.29. The summed E-state index contributed by atoms with van der Waals surface area (Å²) in [7, 11) is 0. The summed E-state index contributed by atoms with van der Waals surface area (Å²) in [6.45, 7) is 2.21. The summed E-state index contributed by atoms with van der Waals surface area (Å²) in [5.74, 6) is -0.576. The van der Waals surface area contributed by atoms with E-state index in [4.69, 9.17) is 17.3 Å². The molecule has 1 amide bonds. The van der Waals surface area contributed by atoms with E-state index in [2.05, 4.69) is 10.3 Å². The number of amides is 1. The number of hydrogen-bond donors (Lipinski definition) is 1. The van der Waals surface area contributed by atoms with Crippen molar-refractivity contribution in [1.82, 2.24) is 15.0 Å². The molecule has 0 atom stereocenters. The number of carbonyl (C=O) groups is 1. The van der Waals surface area contributed by atoms with Crippen molar-refractivity contribution in [3.05, 3.63) is 46.2 Å². The van der Waals surface area contributed by atoms with Crippen LogP contribution in [0.15, 0.2) is 24.3 Å². The Bertz CT molecular complexity index is 564. The van der Waals surface area contributed by atoms with Crippen LogP contribution in [0.5, 0.6) is 0 Å². The normalized spacial score (nSPS) is 10.5. The van der Waals surface area contributed by atoms with Gasteiger partial charge in [-0.3, -0.25) is 4.79 Å². The molecule has 0 saturated carbocycles. The van der Waals surface area contributed by atoms with Crippen LogP contribution in [0.2, 0.25) is 5.02 Å². The molecule has 88 valence electrons. The van der Waals surface area contributed by atoms with E-state index in [1.54, 1.807) is 17.7 Å². The van der Waals surface area contributed by atoms with Crippen LogP contribution in [0.1, 0.15) is 21.7 Å². The van der Waals surface area contributed by atoms with E-state index in [-0.39, 0.29) is 5.69 Å². The lowest BCUT2D eigenvalue weighted by atomic mass is 10.2. The van der Waals surface area contributed by atoms with Crippen molar-refractivity contribution in [3.8, 4) is 0 Å². The van der Waals surface area contributed by atoms with Gasteiger partial charge in [-0.05, 0) is 18.6 Å². The predicted molar refractivity (Wildman–Crippen MR) is 63.8 cm³/mol. The van der Waals surface area contributed by atoms with Gasteiger partial charge in [-0.1, -0.05) is 35.0 Å². The number of rotatable bonds is 3. The largest absolute Gasteiger partial charge is 0.364 e. The van der Waals surface area contributed by atoms with E-state index in [9.17, 15) is 4.79 Å². The maximum atomic E-state index is 11.0. The molecule has 1 aromatic heterocycles. The summed E-state index contributed by atoms with van der Waals surface area (Å²) in [6.07, 6.45) is 0. The highest BCUT2D eigenvalue weighted by molar-refractivity contribution is 6.31.